The zero-order valence-electron chi connectivity index (χ0n) is 11.2. The monoisotopic (exact) mass is 264 g/mol. The van der Waals surface area contributed by atoms with Gasteiger partial charge in [-0.1, -0.05) is 42.5 Å². The maximum absolute atomic E-state index is 12.5. The Morgan fingerprint density at radius 1 is 1.00 bits per heavy atom. The van der Waals surface area contributed by atoms with Crippen molar-refractivity contribution in [1.29, 1.82) is 0 Å². The topological polar surface area (TPSA) is 26.3 Å². The molecule has 2 nitrogen and oxygen atoms in total. The van der Waals surface area contributed by atoms with Gasteiger partial charge in [-0.05, 0) is 35.1 Å². The molecular weight excluding hydrogens is 248 g/mol. The first-order valence-corrected chi connectivity index (χ1v) is 7.11. The van der Waals surface area contributed by atoms with Crippen LogP contribution in [0.1, 0.15) is 39.4 Å². The molecule has 2 heteroatoms. The maximum Gasteiger partial charge on any atom is 0.166 e. The lowest BCUT2D eigenvalue weighted by atomic mass is 9.99. The van der Waals surface area contributed by atoms with E-state index >= 15 is 0 Å². The van der Waals surface area contributed by atoms with E-state index in [0.717, 1.165) is 12.0 Å². The van der Waals surface area contributed by atoms with E-state index < -0.39 is 0 Å². The van der Waals surface area contributed by atoms with Crippen molar-refractivity contribution < 1.29 is 9.53 Å². The van der Waals surface area contributed by atoms with Crippen molar-refractivity contribution in [3.8, 4) is 0 Å². The molecule has 1 fully saturated rings. The minimum absolute atomic E-state index is 0.165. The third-order valence-corrected chi connectivity index (χ3v) is 4.36. The van der Waals surface area contributed by atoms with Crippen LogP contribution in [-0.4, -0.2) is 5.78 Å². The summed E-state index contributed by atoms with van der Waals surface area (Å²) < 4.78 is 5.40. The third-order valence-electron chi connectivity index (χ3n) is 4.36. The van der Waals surface area contributed by atoms with Gasteiger partial charge in [0, 0.05) is 11.5 Å². The van der Waals surface area contributed by atoms with Crippen molar-refractivity contribution in [3.05, 3.63) is 70.8 Å². The minimum atomic E-state index is 0.165. The molecule has 1 aliphatic heterocycles. The van der Waals surface area contributed by atoms with Crippen LogP contribution in [0.4, 0.5) is 0 Å². The summed E-state index contributed by atoms with van der Waals surface area (Å²) in [6.45, 7) is 1.32. The van der Waals surface area contributed by atoms with Crippen LogP contribution in [0.2, 0.25) is 0 Å². The lowest BCUT2D eigenvalue weighted by molar-refractivity contribution is 0.0965. The number of benzene rings is 2. The van der Waals surface area contributed by atoms with Crippen molar-refractivity contribution in [2.45, 2.75) is 25.6 Å². The van der Waals surface area contributed by atoms with Gasteiger partial charge in [0.25, 0.3) is 0 Å². The summed E-state index contributed by atoms with van der Waals surface area (Å²) in [6, 6.07) is 16.4. The molecule has 0 aromatic heterocycles. The van der Waals surface area contributed by atoms with E-state index in [4.69, 9.17) is 4.74 Å². The zero-order chi connectivity index (χ0) is 13.5. The van der Waals surface area contributed by atoms with Crippen LogP contribution < -0.4 is 0 Å². The van der Waals surface area contributed by atoms with Crippen LogP contribution in [0.15, 0.2) is 48.5 Å². The Morgan fingerprint density at radius 3 is 2.65 bits per heavy atom. The summed E-state index contributed by atoms with van der Waals surface area (Å²) >= 11 is 0. The molecule has 0 radical (unpaired) electrons. The highest BCUT2D eigenvalue weighted by molar-refractivity contribution is 6.00. The van der Waals surface area contributed by atoms with Gasteiger partial charge in [-0.15, -0.1) is 0 Å². The Balaban J connectivity index is 1.55. The number of carbonyl (C=O) groups is 1. The van der Waals surface area contributed by atoms with E-state index in [0.29, 0.717) is 19.1 Å². The van der Waals surface area contributed by atoms with Gasteiger partial charge in [0.1, 0.15) is 0 Å². The smallest absolute Gasteiger partial charge is 0.166 e. The van der Waals surface area contributed by atoms with Crippen LogP contribution in [0.25, 0.3) is 0 Å². The van der Waals surface area contributed by atoms with E-state index in [9.17, 15) is 4.79 Å². The lowest BCUT2D eigenvalue weighted by Gasteiger charge is -2.03. The second-order valence-corrected chi connectivity index (χ2v) is 5.70. The maximum atomic E-state index is 12.5. The van der Waals surface area contributed by atoms with E-state index in [1.54, 1.807) is 0 Å². The second-order valence-electron chi connectivity index (χ2n) is 5.70. The molecule has 1 saturated carbocycles. The molecule has 2 unspecified atom stereocenters. The van der Waals surface area contributed by atoms with Crippen LogP contribution in [0.5, 0.6) is 0 Å². The number of rotatable bonds is 3. The molecule has 1 heterocycles. The zero-order valence-corrected chi connectivity index (χ0v) is 11.2. The van der Waals surface area contributed by atoms with Crippen LogP contribution in [-0.2, 0) is 18.0 Å². The predicted molar refractivity (Wildman–Crippen MR) is 76.6 cm³/mol. The molecule has 0 N–H and O–H groups in total. The van der Waals surface area contributed by atoms with E-state index in [2.05, 4.69) is 12.1 Å². The molecule has 0 spiro atoms. The Kier molecular flexibility index (Phi) is 2.71. The molecule has 2 aromatic rings. The van der Waals surface area contributed by atoms with Gasteiger partial charge in [-0.3, -0.25) is 4.79 Å². The lowest BCUT2D eigenvalue weighted by Crippen LogP contribution is -2.04. The number of hydrogen-bond acceptors (Lipinski definition) is 2. The Morgan fingerprint density at radius 2 is 1.80 bits per heavy atom. The third kappa shape index (κ3) is 1.97. The average Bonchev–Trinajstić information content (AvgIpc) is 3.17. The number of carbonyl (C=O) groups excluding carboxylic acids is 1. The fraction of sp³-hybridized carbons (Fsp3) is 0.278. The molecule has 0 bridgehead atoms. The number of Topliss-reactive ketones (excluding diaryl/α,β-unsaturated/α-hetero) is 1. The summed E-state index contributed by atoms with van der Waals surface area (Å²) in [5.74, 6) is 0.861. The normalized spacial score (nSPS) is 23.4. The molecule has 4 rings (SSSR count). The van der Waals surface area contributed by atoms with Crippen LogP contribution in [0, 0.1) is 5.92 Å². The Labute approximate surface area is 118 Å². The van der Waals surface area contributed by atoms with E-state index in [1.165, 1.54) is 16.7 Å². The fourth-order valence-electron chi connectivity index (χ4n) is 3.09. The van der Waals surface area contributed by atoms with Crippen molar-refractivity contribution in [1.82, 2.24) is 0 Å². The summed E-state index contributed by atoms with van der Waals surface area (Å²) in [5.41, 5.74) is 4.53. The van der Waals surface area contributed by atoms with E-state index in [-0.39, 0.29) is 11.7 Å². The molecule has 2 aliphatic rings. The molecule has 20 heavy (non-hydrogen) atoms. The van der Waals surface area contributed by atoms with Gasteiger partial charge in [0.15, 0.2) is 5.78 Å². The number of ether oxygens (including phenoxy) is 1. The molecular formula is C18H16O2. The Hall–Kier alpha value is -1.93. The second kappa shape index (κ2) is 4.57. The highest BCUT2D eigenvalue weighted by atomic mass is 16.5. The number of fused-ring (bicyclic) bond motifs is 1. The first kappa shape index (κ1) is 11.9. The summed E-state index contributed by atoms with van der Waals surface area (Å²) in [5, 5.41) is 0. The van der Waals surface area contributed by atoms with Gasteiger partial charge >= 0.3 is 0 Å². The molecule has 1 aliphatic carbocycles. The summed E-state index contributed by atoms with van der Waals surface area (Å²) in [6.07, 6.45) is 0.983. The summed E-state index contributed by atoms with van der Waals surface area (Å²) in [4.78, 5) is 12.5. The summed E-state index contributed by atoms with van der Waals surface area (Å²) in [7, 11) is 0. The van der Waals surface area contributed by atoms with E-state index in [1.807, 2.05) is 36.4 Å². The SMILES string of the molecule is O=C(c1ccc2c(c1)COC2)C1CC1c1ccccc1. The molecule has 0 saturated heterocycles. The van der Waals surface area contributed by atoms with Gasteiger partial charge in [-0.2, -0.15) is 0 Å². The van der Waals surface area contributed by atoms with Gasteiger partial charge in [-0.25, -0.2) is 0 Å². The molecule has 0 amide bonds. The van der Waals surface area contributed by atoms with Crippen LogP contribution in [0.3, 0.4) is 0 Å². The minimum Gasteiger partial charge on any atom is -0.372 e. The quantitative estimate of drug-likeness (QED) is 0.790. The van der Waals surface area contributed by atoms with Crippen LogP contribution >= 0.6 is 0 Å². The molecule has 2 aromatic carbocycles. The van der Waals surface area contributed by atoms with Gasteiger partial charge in [0.2, 0.25) is 0 Å². The average molecular weight is 264 g/mol. The predicted octanol–water partition coefficient (Wildman–Crippen LogP) is 3.70. The van der Waals surface area contributed by atoms with Gasteiger partial charge in [0.05, 0.1) is 13.2 Å². The first-order chi connectivity index (χ1) is 9.83. The number of hydrogen-bond donors (Lipinski definition) is 0. The van der Waals surface area contributed by atoms with Crippen molar-refractivity contribution in [3.63, 3.8) is 0 Å². The highest BCUT2D eigenvalue weighted by Gasteiger charge is 2.43. The van der Waals surface area contributed by atoms with Crippen molar-refractivity contribution in [2.24, 2.45) is 5.92 Å². The first-order valence-electron chi connectivity index (χ1n) is 7.11. The molecule has 100 valence electrons. The number of ketones is 1. The van der Waals surface area contributed by atoms with Gasteiger partial charge < -0.3 is 4.74 Å². The Bertz CT molecular complexity index is 660. The molecule has 2 atom stereocenters. The highest BCUT2D eigenvalue weighted by Crippen LogP contribution is 2.49. The fourth-order valence-corrected chi connectivity index (χ4v) is 3.09. The van der Waals surface area contributed by atoms with Crippen molar-refractivity contribution >= 4 is 5.78 Å². The largest absolute Gasteiger partial charge is 0.372 e. The standard InChI is InChI=1S/C18H16O2/c19-18(13-6-7-14-10-20-11-15(14)8-13)17-9-16(17)12-4-2-1-3-5-12/h1-8,16-17H,9-11H2. The van der Waals surface area contributed by atoms with Crippen molar-refractivity contribution in [2.75, 3.05) is 0 Å².